The third kappa shape index (κ3) is 3.79. The Bertz CT molecular complexity index is 1440. The molecule has 0 radical (unpaired) electrons. The summed E-state index contributed by atoms with van der Waals surface area (Å²) in [5.41, 5.74) is 4.89. The molecule has 1 amide bonds. The quantitative estimate of drug-likeness (QED) is 0.443. The van der Waals surface area contributed by atoms with Crippen LogP contribution in [0.3, 0.4) is 0 Å². The maximum atomic E-state index is 13.1. The van der Waals surface area contributed by atoms with Gasteiger partial charge in [0.05, 0.1) is 22.1 Å². The number of primary sulfonamides is 1. The van der Waals surface area contributed by atoms with Gasteiger partial charge >= 0.3 is 0 Å². The SMILES string of the molecule is NS(=O)(=O)c1cccc(-c2n[nH]c3ccc(C(=O)NC4CCCc5ccccc54)cc23)c1. The highest BCUT2D eigenvalue weighted by molar-refractivity contribution is 7.89. The number of amides is 1. The van der Waals surface area contributed by atoms with Gasteiger partial charge < -0.3 is 5.32 Å². The Morgan fingerprint density at radius 1 is 1.06 bits per heavy atom. The van der Waals surface area contributed by atoms with Crippen LogP contribution in [0.15, 0.2) is 71.6 Å². The third-order valence-corrected chi connectivity index (χ3v) is 6.85. The second-order valence-electron chi connectivity index (χ2n) is 8.02. The molecule has 1 heterocycles. The van der Waals surface area contributed by atoms with Crippen molar-refractivity contribution in [3.8, 4) is 11.3 Å². The fourth-order valence-electron chi connectivity index (χ4n) is 4.34. The summed E-state index contributed by atoms with van der Waals surface area (Å²) in [6.45, 7) is 0. The number of carbonyl (C=O) groups is 1. The molecule has 0 saturated carbocycles. The number of benzene rings is 3. The van der Waals surface area contributed by atoms with Gasteiger partial charge in [-0.15, -0.1) is 0 Å². The van der Waals surface area contributed by atoms with Crippen LogP contribution in [0.1, 0.15) is 40.4 Å². The van der Waals surface area contributed by atoms with Crippen molar-refractivity contribution in [3.05, 3.63) is 83.4 Å². The van der Waals surface area contributed by atoms with Gasteiger partial charge in [-0.1, -0.05) is 36.4 Å². The number of nitrogens with zero attached hydrogens (tertiary/aromatic N) is 1. The fraction of sp³-hybridized carbons (Fsp3) is 0.167. The Hall–Kier alpha value is -3.49. The molecule has 0 spiro atoms. The zero-order valence-electron chi connectivity index (χ0n) is 17.2. The molecule has 0 bridgehead atoms. The first-order valence-electron chi connectivity index (χ1n) is 10.4. The molecular weight excluding hydrogens is 424 g/mol. The van der Waals surface area contributed by atoms with Gasteiger partial charge in [-0.05, 0) is 60.7 Å². The molecule has 1 atom stereocenters. The van der Waals surface area contributed by atoms with Crippen LogP contribution in [-0.4, -0.2) is 24.5 Å². The molecule has 0 aliphatic heterocycles. The summed E-state index contributed by atoms with van der Waals surface area (Å²) in [5.74, 6) is -0.154. The highest BCUT2D eigenvalue weighted by Crippen LogP contribution is 2.31. The highest BCUT2D eigenvalue weighted by Gasteiger charge is 2.22. The van der Waals surface area contributed by atoms with Gasteiger partial charge in [-0.2, -0.15) is 5.10 Å². The average Bonchev–Trinajstić information content (AvgIpc) is 3.22. The second kappa shape index (κ2) is 7.89. The molecule has 5 rings (SSSR count). The largest absolute Gasteiger partial charge is 0.345 e. The molecule has 1 unspecified atom stereocenters. The van der Waals surface area contributed by atoms with Crippen molar-refractivity contribution >= 4 is 26.8 Å². The average molecular weight is 447 g/mol. The Labute approximate surface area is 185 Å². The molecule has 4 aromatic rings. The van der Waals surface area contributed by atoms with E-state index in [2.05, 4.69) is 27.6 Å². The predicted molar refractivity (Wildman–Crippen MR) is 122 cm³/mol. The van der Waals surface area contributed by atoms with E-state index in [4.69, 9.17) is 5.14 Å². The molecule has 1 aromatic heterocycles. The molecule has 4 N–H and O–H groups in total. The molecule has 0 fully saturated rings. The van der Waals surface area contributed by atoms with Crippen molar-refractivity contribution in [2.24, 2.45) is 5.14 Å². The fourth-order valence-corrected chi connectivity index (χ4v) is 4.90. The monoisotopic (exact) mass is 446 g/mol. The van der Waals surface area contributed by atoms with E-state index >= 15 is 0 Å². The number of nitrogens with two attached hydrogens (primary N) is 1. The number of aromatic amines is 1. The maximum Gasteiger partial charge on any atom is 0.251 e. The molecule has 8 heteroatoms. The van der Waals surface area contributed by atoms with Gasteiger partial charge in [0.25, 0.3) is 5.91 Å². The summed E-state index contributed by atoms with van der Waals surface area (Å²) < 4.78 is 23.5. The minimum atomic E-state index is -3.83. The first kappa shape index (κ1) is 20.4. The number of sulfonamides is 1. The van der Waals surface area contributed by atoms with Crippen LogP contribution in [0.4, 0.5) is 0 Å². The predicted octanol–water partition coefficient (Wildman–Crippen LogP) is 3.68. The third-order valence-electron chi connectivity index (χ3n) is 5.94. The van der Waals surface area contributed by atoms with E-state index in [1.807, 2.05) is 12.1 Å². The number of fused-ring (bicyclic) bond motifs is 2. The number of H-pyrrole nitrogens is 1. The lowest BCUT2D eigenvalue weighted by molar-refractivity contribution is 0.0933. The number of nitrogens with one attached hydrogen (secondary N) is 2. The standard InChI is InChI=1S/C24H22N4O3S/c25-32(30,31)18-8-3-7-16(13-18)23-20-14-17(11-12-22(20)27-28-23)24(29)26-21-10-4-6-15-5-1-2-9-19(15)21/h1-3,5,7-9,11-14,21H,4,6,10H2,(H,26,29)(H,27,28)(H2,25,30,31). The molecular formula is C24H22N4O3S. The van der Waals surface area contributed by atoms with Crippen LogP contribution >= 0.6 is 0 Å². The molecule has 3 aromatic carbocycles. The van der Waals surface area contributed by atoms with Crippen molar-refractivity contribution in [3.63, 3.8) is 0 Å². The number of hydrogen-bond acceptors (Lipinski definition) is 4. The highest BCUT2D eigenvalue weighted by atomic mass is 32.2. The molecule has 32 heavy (non-hydrogen) atoms. The van der Waals surface area contributed by atoms with Gasteiger partial charge in [0.15, 0.2) is 0 Å². The number of aromatic nitrogens is 2. The number of aryl methyl sites for hydroxylation is 1. The summed E-state index contributed by atoms with van der Waals surface area (Å²) >= 11 is 0. The van der Waals surface area contributed by atoms with Crippen LogP contribution < -0.4 is 10.5 Å². The molecule has 0 saturated heterocycles. The summed E-state index contributed by atoms with van der Waals surface area (Å²) in [6, 6.07) is 19.9. The lowest BCUT2D eigenvalue weighted by Gasteiger charge is -2.26. The first-order chi connectivity index (χ1) is 15.4. The van der Waals surface area contributed by atoms with Crippen molar-refractivity contribution in [1.82, 2.24) is 15.5 Å². The van der Waals surface area contributed by atoms with Crippen LogP contribution in [0, 0.1) is 0 Å². The van der Waals surface area contributed by atoms with Gasteiger partial charge in [-0.25, -0.2) is 13.6 Å². The minimum absolute atomic E-state index is 0.0102. The van der Waals surface area contributed by atoms with Gasteiger partial charge in [0.2, 0.25) is 10.0 Å². The summed E-state index contributed by atoms with van der Waals surface area (Å²) in [6.07, 6.45) is 2.97. The van der Waals surface area contributed by atoms with Crippen molar-refractivity contribution < 1.29 is 13.2 Å². The Kier molecular flexibility index (Phi) is 5.03. The first-order valence-corrected chi connectivity index (χ1v) is 11.9. The normalized spacial score (nSPS) is 16.0. The zero-order valence-corrected chi connectivity index (χ0v) is 18.0. The zero-order chi connectivity index (χ0) is 22.3. The van der Waals surface area contributed by atoms with Gasteiger partial charge in [-0.3, -0.25) is 9.89 Å². The molecule has 1 aliphatic carbocycles. The van der Waals surface area contributed by atoms with Crippen LogP contribution in [0.2, 0.25) is 0 Å². The van der Waals surface area contributed by atoms with Crippen LogP contribution in [0.25, 0.3) is 22.2 Å². The van der Waals surface area contributed by atoms with Gasteiger partial charge in [0, 0.05) is 16.5 Å². The maximum absolute atomic E-state index is 13.1. The molecule has 7 nitrogen and oxygen atoms in total. The topological polar surface area (TPSA) is 118 Å². The van der Waals surface area contributed by atoms with E-state index in [1.165, 1.54) is 23.3 Å². The Balaban J connectivity index is 1.48. The van der Waals surface area contributed by atoms with E-state index in [-0.39, 0.29) is 16.8 Å². The molecule has 162 valence electrons. The summed E-state index contributed by atoms with van der Waals surface area (Å²) in [5, 5.41) is 16.5. The van der Waals surface area contributed by atoms with Gasteiger partial charge in [0.1, 0.15) is 0 Å². The second-order valence-corrected chi connectivity index (χ2v) is 9.58. The number of hydrogen-bond donors (Lipinski definition) is 3. The number of carbonyl (C=O) groups excluding carboxylic acids is 1. The van der Waals surface area contributed by atoms with Crippen molar-refractivity contribution in [1.29, 1.82) is 0 Å². The minimum Gasteiger partial charge on any atom is -0.345 e. The number of rotatable bonds is 4. The van der Waals surface area contributed by atoms with Crippen molar-refractivity contribution in [2.75, 3.05) is 0 Å². The van der Waals surface area contributed by atoms with E-state index in [0.29, 0.717) is 16.8 Å². The lowest BCUT2D eigenvalue weighted by atomic mass is 9.87. The van der Waals surface area contributed by atoms with E-state index < -0.39 is 10.0 Å². The summed E-state index contributed by atoms with van der Waals surface area (Å²) in [7, 11) is -3.83. The molecule has 1 aliphatic rings. The van der Waals surface area contributed by atoms with E-state index in [9.17, 15) is 13.2 Å². The Morgan fingerprint density at radius 3 is 2.75 bits per heavy atom. The van der Waals surface area contributed by atoms with Crippen LogP contribution in [0.5, 0.6) is 0 Å². The van der Waals surface area contributed by atoms with Crippen LogP contribution in [-0.2, 0) is 16.4 Å². The summed E-state index contributed by atoms with van der Waals surface area (Å²) in [4.78, 5) is 13.1. The smallest absolute Gasteiger partial charge is 0.251 e. The lowest BCUT2D eigenvalue weighted by Crippen LogP contribution is -2.30. The Morgan fingerprint density at radius 2 is 1.91 bits per heavy atom. The van der Waals surface area contributed by atoms with E-state index in [1.54, 1.807) is 30.3 Å². The van der Waals surface area contributed by atoms with E-state index in [0.717, 1.165) is 30.2 Å². The van der Waals surface area contributed by atoms with Crippen molar-refractivity contribution in [2.45, 2.75) is 30.2 Å².